The van der Waals surface area contributed by atoms with Crippen molar-refractivity contribution in [3.63, 3.8) is 0 Å². The molecule has 108 heavy (non-hydrogen) atoms. The van der Waals surface area contributed by atoms with Crippen molar-refractivity contribution in [3.8, 4) is 41.8 Å². The van der Waals surface area contributed by atoms with Gasteiger partial charge in [0.1, 0.15) is 0 Å². The van der Waals surface area contributed by atoms with Gasteiger partial charge in [0, 0.05) is 66.1 Å². The van der Waals surface area contributed by atoms with Crippen LogP contribution in [0.4, 0.5) is 50.4 Å². The Morgan fingerprint density at radius 2 is 0.556 bits per heavy atom. The molecule has 0 nitrogen and oxygen atoms in total. The van der Waals surface area contributed by atoms with Crippen molar-refractivity contribution in [2.24, 2.45) is 0 Å². The summed E-state index contributed by atoms with van der Waals surface area (Å²) >= 11 is 7.40. The van der Waals surface area contributed by atoms with Gasteiger partial charge in [-0.15, -0.1) is 0 Å². The van der Waals surface area contributed by atoms with Crippen LogP contribution in [0.1, 0.15) is 135 Å². The van der Waals surface area contributed by atoms with E-state index < -0.39 is 15.6 Å². The van der Waals surface area contributed by atoms with Crippen LogP contribution in [-0.4, -0.2) is 0 Å². The number of halogens is 12. The predicted molar refractivity (Wildman–Crippen MR) is 448 cm³/mol. The molecule has 0 amide bonds. The van der Waals surface area contributed by atoms with Gasteiger partial charge in [0.05, 0.1) is 0 Å². The van der Waals surface area contributed by atoms with E-state index in [0.717, 1.165) is 0 Å². The first kappa shape index (κ1) is 83.1. The van der Waals surface area contributed by atoms with Gasteiger partial charge in [-0.25, -0.2) is 0 Å². The van der Waals surface area contributed by atoms with E-state index in [4.69, 9.17) is 0 Å². The van der Waals surface area contributed by atoms with E-state index in [-0.39, 0.29) is 0 Å². The molecule has 560 valence electrons. The van der Waals surface area contributed by atoms with E-state index in [1.165, 1.54) is 128 Å². The van der Waals surface area contributed by atoms with Crippen LogP contribution in [0.5, 0.6) is 0 Å². The summed E-state index contributed by atoms with van der Waals surface area (Å²) in [6.07, 6.45) is 31.0. The van der Waals surface area contributed by atoms with Gasteiger partial charge in [0.2, 0.25) is 42.2 Å². The Labute approximate surface area is 642 Å². The minimum atomic E-state index is -10.7. The first-order chi connectivity index (χ1) is 50.8. The third kappa shape index (κ3) is 28.5. The van der Waals surface area contributed by atoms with Crippen LogP contribution in [0.2, 0.25) is 0 Å². The van der Waals surface area contributed by atoms with Crippen molar-refractivity contribution < 1.29 is 50.4 Å². The Kier molecular flexibility index (Phi) is 26.7. The number of allylic oxidation sites excluding steroid dienone is 14. The zero-order chi connectivity index (χ0) is 78.0. The summed E-state index contributed by atoms with van der Waals surface area (Å²) in [4.78, 5) is 10.2. The topological polar surface area (TPSA) is 0 Å². The second-order valence-electron chi connectivity index (χ2n) is 26.7. The summed E-state index contributed by atoms with van der Waals surface area (Å²) in [7, 11) is -21.3. The van der Waals surface area contributed by atoms with Crippen LogP contribution in [0.15, 0.2) is 327 Å². The summed E-state index contributed by atoms with van der Waals surface area (Å²) in [6.45, 7) is 18.1. The van der Waals surface area contributed by atoms with Gasteiger partial charge >= 0.3 is 66.0 Å². The Bertz CT molecular complexity index is 5030. The third-order valence-electron chi connectivity index (χ3n) is 16.5. The third-order valence-corrected chi connectivity index (χ3v) is 21.1. The van der Waals surface area contributed by atoms with Crippen molar-refractivity contribution in [3.05, 3.63) is 382 Å². The molecule has 0 fully saturated rings. The second kappa shape index (κ2) is 34.7. The number of hydrogen-bond donors (Lipinski definition) is 0. The second-order valence-corrected chi connectivity index (χ2v) is 34.9. The molecule has 0 saturated heterocycles. The number of rotatable bonds is 18. The van der Waals surface area contributed by atoms with Gasteiger partial charge in [-0.05, 0) is 157 Å². The summed E-state index contributed by atoms with van der Waals surface area (Å²) in [5.41, 5.74) is 20.4. The standard InChI is InChI=1S/2C45H41S2.2F6P/c1-32(2)38-24-14-16-26-40(38)44-30-34(28-42(46-44)36-20-10-6-11-21-36)18-8-5-9-19-35-29-43(37-22-12-7-13-23-37)47-45(31-35)41-27-17-15-25-39(41)33(3)4;1-32(2)36-20-24-40(25-21-36)44-30-34(28-42(46-44)38-16-10-6-11-17-38)14-8-5-9-15-35-29-43(39-18-12-7-13-19-39)47-45(31-35)41-26-22-37(23-27-41)33(3)4;2*1-7(2,3,4,5)6/h2*5-33H,1-4H3;;/q2*+1;2*-1. The maximum absolute atomic E-state index is 10.7. The quantitative estimate of drug-likeness (QED) is 0.0363. The number of benzene rings is 8. The predicted octanol–water partition coefficient (Wildman–Crippen LogP) is 34.6. The van der Waals surface area contributed by atoms with Crippen molar-refractivity contribution in [1.82, 2.24) is 0 Å². The average molecular weight is 1580 g/mol. The molecule has 0 atom stereocenters. The molecule has 12 rings (SSSR count). The average Bonchev–Trinajstić information content (AvgIpc) is 0.809. The summed E-state index contributed by atoms with van der Waals surface area (Å²) in [5, 5.41) is 0. The molecule has 8 aromatic carbocycles. The van der Waals surface area contributed by atoms with Crippen molar-refractivity contribution in [2.45, 2.75) is 79.1 Å². The molecule has 4 heterocycles. The van der Waals surface area contributed by atoms with Crippen LogP contribution >= 0.6 is 61.8 Å². The molecule has 0 radical (unpaired) electrons. The van der Waals surface area contributed by atoms with Gasteiger partial charge in [0.15, 0.2) is 0 Å². The molecule has 2 aliphatic rings. The van der Waals surface area contributed by atoms with Crippen LogP contribution in [0, 0.1) is 0 Å². The van der Waals surface area contributed by atoms with Crippen LogP contribution < -0.4 is 0 Å². The molecule has 18 heteroatoms. The first-order valence-electron chi connectivity index (χ1n) is 34.8. The maximum atomic E-state index is 9.87. The molecule has 0 bridgehead atoms. The summed E-state index contributed by atoms with van der Waals surface area (Å²) in [6, 6.07) is 87.7. The van der Waals surface area contributed by atoms with Crippen LogP contribution in [0.25, 0.3) is 73.5 Å². The Balaban J connectivity index is 0.000000212. The zero-order valence-corrected chi connectivity index (χ0v) is 65.6. The van der Waals surface area contributed by atoms with E-state index in [0.29, 0.717) is 23.7 Å². The minimum absolute atomic E-state index is 0.455. The fourth-order valence-electron chi connectivity index (χ4n) is 11.3. The number of hydrogen-bond acceptors (Lipinski definition) is 2. The molecule has 0 saturated carbocycles. The molecule has 0 aliphatic carbocycles. The van der Waals surface area contributed by atoms with E-state index in [1.807, 2.05) is 46.2 Å². The van der Waals surface area contributed by atoms with Gasteiger partial charge in [-0.2, -0.15) is 0 Å². The van der Waals surface area contributed by atoms with Crippen molar-refractivity contribution in [2.75, 3.05) is 0 Å². The summed E-state index contributed by atoms with van der Waals surface area (Å²) < 4.78 is 118. The molecular formula is C90H82F12P2S4. The van der Waals surface area contributed by atoms with E-state index >= 15 is 0 Å². The summed E-state index contributed by atoms with van der Waals surface area (Å²) in [5.74, 6) is 1.96. The van der Waals surface area contributed by atoms with Crippen molar-refractivity contribution in [1.29, 1.82) is 0 Å². The van der Waals surface area contributed by atoms with Gasteiger partial charge in [-0.1, -0.05) is 316 Å². The Morgan fingerprint density at radius 1 is 0.278 bits per heavy atom. The van der Waals surface area contributed by atoms with Gasteiger partial charge in [0.25, 0.3) is 0 Å². The van der Waals surface area contributed by atoms with Crippen molar-refractivity contribution >= 4 is 93.6 Å². The van der Waals surface area contributed by atoms with Gasteiger partial charge in [-0.3, -0.25) is 0 Å². The van der Waals surface area contributed by atoms with Crippen LogP contribution in [-0.2, 0) is 0 Å². The monoisotopic (exact) mass is 1580 g/mol. The molecule has 0 unspecified atom stereocenters. The first-order valence-corrected chi connectivity index (χ1v) is 42.1. The molecule has 10 aromatic rings. The van der Waals surface area contributed by atoms with Crippen LogP contribution in [0.3, 0.4) is 0 Å². The van der Waals surface area contributed by atoms with E-state index in [9.17, 15) is 50.4 Å². The molecular weight excluding hydrogens is 1500 g/mol. The molecule has 2 aliphatic heterocycles. The van der Waals surface area contributed by atoms with Gasteiger partial charge < -0.3 is 0 Å². The van der Waals surface area contributed by atoms with E-state index in [1.54, 1.807) is 0 Å². The Hall–Kier alpha value is -8.98. The fourth-order valence-corrected chi connectivity index (χ4v) is 15.9. The number of thioether (sulfide) groups is 2. The molecule has 0 N–H and O–H groups in total. The fraction of sp³-hybridized carbons (Fsp3) is 0.133. The molecule has 2 aromatic heterocycles. The molecule has 0 spiro atoms. The normalized spacial score (nSPS) is 15.5. The Morgan fingerprint density at radius 3 is 0.926 bits per heavy atom. The van der Waals surface area contributed by atoms with E-state index in [2.05, 4.69) is 383 Å². The SMILES string of the molecule is CC(C)c1ccc(C2=C\C(=C/C=C/C=C/c3cc(-c4ccccc4)[s+]c(-c4ccc(C(C)C)cc4)c3)C=C(c3ccccc3)S2)cc1.CC(C)c1ccccc1C1=C\C(=C/C=C/C=C/c2cc(-c3ccccc3)[s+]c(-c3ccccc3C(C)C)c2)C=C(c2ccccc2)S1.F[P-](F)(F)(F)(F)F.F[P-](F)(F)(F)(F)F. The zero-order valence-electron chi connectivity index (χ0n) is 60.5.